The highest BCUT2D eigenvalue weighted by molar-refractivity contribution is 5.69. The van der Waals surface area contributed by atoms with Crippen molar-refractivity contribution in [3.63, 3.8) is 0 Å². The minimum Gasteiger partial charge on any atom is -0.392 e. The molecule has 0 atom stereocenters. The summed E-state index contributed by atoms with van der Waals surface area (Å²) < 4.78 is 0. The molecule has 0 amide bonds. The Bertz CT molecular complexity index is 324. The average Bonchev–Trinajstić information content (AvgIpc) is 2.15. The molecule has 0 aliphatic rings. The van der Waals surface area contributed by atoms with Crippen molar-refractivity contribution in [3.8, 4) is 0 Å². The molecule has 0 heterocycles. The van der Waals surface area contributed by atoms with E-state index in [2.05, 4.69) is 32.9 Å². The molecule has 1 N–H and O–H groups in total. The van der Waals surface area contributed by atoms with Gasteiger partial charge in [0, 0.05) is 0 Å². The number of aliphatic hydroxyl groups is 1. The molecule has 1 heteroatoms. The number of hydrogen-bond donors (Lipinski definition) is 1. The van der Waals surface area contributed by atoms with Gasteiger partial charge in [-0.15, -0.1) is 0 Å². The fraction of sp³-hybridized carbons (Fsp3) is 0.385. The monoisotopic (exact) mass is 190 g/mol. The lowest BCUT2D eigenvalue weighted by Crippen LogP contribution is -1.97. The van der Waals surface area contributed by atoms with Crippen LogP contribution in [0.2, 0.25) is 0 Å². The maximum Gasteiger partial charge on any atom is 0.0618 e. The van der Waals surface area contributed by atoms with Crippen LogP contribution in [0.15, 0.2) is 30.3 Å². The van der Waals surface area contributed by atoms with Gasteiger partial charge in [0.15, 0.2) is 0 Å². The minimum atomic E-state index is 0.113. The molecule has 14 heavy (non-hydrogen) atoms. The second kappa shape index (κ2) is 4.97. The van der Waals surface area contributed by atoms with Gasteiger partial charge in [0.2, 0.25) is 0 Å². The van der Waals surface area contributed by atoms with Crippen LogP contribution in [0.4, 0.5) is 0 Å². The van der Waals surface area contributed by atoms with Gasteiger partial charge in [-0.1, -0.05) is 44.2 Å². The first kappa shape index (κ1) is 11.0. The summed E-state index contributed by atoms with van der Waals surface area (Å²) in [6.45, 7) is 6.51. The Balaban J connectivity index is 3.12. The molecule has 0 aliphatic carbocycles. The third-order valence-corrected chi connectivity index (χ3v) is 2.39. The quantitative estimate of drug-likeness (QED) is 0.776. The average molecular weight is 190 g/mol. The van der Waals surface area contributed by atoms with E-state index in [-0.39, 0.29) is 6.61 Å². The summed E-state index contributed by atoms with van der Waals surface area (Å²) in [7, 11) is 0. The summed E-state index contributed by atoms with van der Waals surface area (Å²) in [4.78, 5) is 0. The molecule has 0 unspecified atom stereocenters. The van der Waals surface area contributed by atoms with Crippen LogP contribution >= 0.6 is 0 Å². The normalized spacial score (nSPS) is 12.2. The molecule has 0 bridgehead atoms. The van der Waals surface area contributed by atoms with E-state index in [4.69, 9.17) is 5.11 Å². The molecule has 1 aromatic carbocycles. The van der Waals surface area contributed by atoms with Gasteiger partial charge in [0.1, 0.15) is 0 Å². The van der Waals surface area contributed by atoms with Crippen LogP contribution < -0.4 is 0 Å². The molecule has 0 saturated carbocycles. The molecule has 0 aliphatic heterocycles. The SMILES string of the molecule is Cc1ccccc1/C(=C\CO)C(C)C. The van der Waals surface area contributed by atoms with Gasteiger partial charge >= 0.3 is 0 Å². The van der Waals surface area contributed by atoms with Crippen LogP contribution in [-0.2, 0) is 0 Å². The Morgan fingerprint density at radius 1 is 1.36 bits per heavy atom. The number of rotatable bonds is 3. The molecular weight excluding hydrogens is 172 g/mol. The van der Waals surface area contributed by atoms with Crippen molar-refractivity contribution in [2.45, 2.75) is 20.8 Å². The van der Waals surface area contributed by atoms with E-state index in [1.165, 1.54) is 16.7 Å². The molecular formula is C13H18O. The van der Waals surface area contributed by atoms with E-state index in [9.17, 15) is 0 Å². The molecule has 1 rings (SSSR count). The van der Waals surface area contributed by atoms with Crippen LogP contribution in [0.5, 0.6) is 0 Å². The summed E-state index contributed by atoms with van der Waals surface area (Å²) in [6, 6.07) is 8.28. The van der Waals surface area contributed by atoms with Gasteiger partial charge in [-0.05, 0) is 29.5 Å². The van der Waals surface area contributed by atoms with Gasteiger partial charge in [-0.3, -0.25) is 0 Å². The summed E-state index contributed by atoms with van der Waals surface area (Å²) in [5.74, 6) is 0.447. The van der Waals surface area contributed by atoms with Crippen LogP contribution in [0.1, 0.15) is 25.0 Å². The predicted octanol–water partition coefficient (Wildman–Crippen LogP) is 3.03. The van der Waals surface area contributed by atoms with E-state index >= 15 is 0 Å². The highest BCUT2D eigenvalue weighted by Gasteiger charge is 2.07. The van der Waals surface area contributed by atoms with Gasteiger partial charge in [-0.2, -0.15) is 0 Å². The van der Waals surface area contributed by atoms with Crippen molar-refractivity contribution >= 4 is 5.57 Å². The van der Waals surface area contributed by atoms with Crippen molar-refractivity contribution < 1.29 is 5.11 Å². The van der Waals surface area contributed by atoms with Crippen LogP contribution in [0.25, 0.3) is 5.57 Å². The Kier molecular flexibility index (Phi) is 3.90. The topological polar surface area (TPSA) is 20.2 Å². The zero-order valence-corrected chi connectivity index (χ0v) is 9.12. The molecule has 0 fully saturated rings. The summed E-state index contributed by atoms with van der Waals surface area (Å²) in [6.07, 6.45) is 1.90. The number of allylic oxidation sites excluding steroid dienone is 1. The Morgan fingerprint density at radius 3 is 2.50 bits per heavy atom. The van der Waals surface area contributed by atoms with E-state index in [0.29, 0.717) is 5.92 Å². The van der Waals surface area contributed by atoms with Crippen LogP contribution in [0.3, 0.4) is 0 Å². The van der Waals surface area contributed by atoms with Crippen molar-refractivity contribution in [1.29, 1.82) is 0 Å². The van der Waals surface area contributed by atoms with Crippen LogP contribution in [0, 0.1) is 12.8 Å². The van der Waals surface area contributed by atoms with E-state index in [1.54, 1.807) is 0 Å². The van der Waals surface area contributed by atoms with E-state index < -0.39 is 0 Å². The first-order valence-corrected chi connectivity index (χ1v) is 5.03. The lowest BCUT2D eigenvalue weighted by atomic mass is 9.92. The third-order valence-electron chi connectivity index (χ3n) is 2.39. The summed E-state index contributed by atoms with van der Waals surface area (Å²) in [5.41, 5.74) is 3.74. The predicted molar refractivity (Wildman–Crippen MR) is 61.1 cm³/mol. The summed E-state index contributed by atoms with van der Waals surface area (Å²) in [5, 5.41) is 8.96. The second-order valence-corrected chi connectivity index (χ2v) is 3.81. The Morgan fingerprint density at radius 2 is 2.00 bits per heavy atom. The molecule has 0 saturated heterocycles. The zero-order valence-electron chi connectivity index (χ0n) is 9.12. The smallest absolute Gasteiger partial charge is 0.0618 e. The van der Waals surface area contributed by atoms with Crippen molar-refractivity contribution in [1.82, 2.24) is 0 Å². The Labute approximate surface area is 86.1 Å². The highest BCUT2D eigenvalue weighted by atomic mass is 16.2. The third kappa shape index (κ3) is 2.46. The molecule has 0 spiro atoms. The van der Waals surface area contributed by atoms with Gasteiger partial charge in [0.05, 0.1) is 6.61 Å². The number of benzene rings is 1. The molecule has 0 radical (unpaired) electrons. The van der Waals surface area contributed by atoms with Crippen molar-refractivity contribution in [2.24, 2.45) is 5.92 Å². The first-order valence-electron chi connectivity index (χ1n) is 5.03. The molecule has 76 valence electrons. The van der Waals surface area contributed by atoms with Gasteiger partial charge in [-0.25, -0.2) is 0 Å². The Hall–Kier alpha value is -1.08. The number of hydrogen-bond acceptors (Lipinski definition) is 1. The molecule has 1 nitrogen and oxygen atoms in total. The van der Waals surface area contributed by atoms with E-state index in [0.717, 1.165) is 0 Å². The van der Waals surface area contributed by atoms with Crippen LogP contribution in [-0.4, -0.2) is 11.7 Å². The van der Waals surface area contributed by atoms with Gasteiger partial charge in [0.25, 0.3) is 0 Å². The maximum atomic E-state index is 8.96. The molecule has 0 aromatic heterocycles. The fourth-order valence-corrected chi connectivity index (χ4v) is 1.65. The number of aryl methyl sites for hydroxylation is 1. The first-order chi connectivity index (χ1) is 6.66. The number of aliphatic hydroxyl groups excluding tert-OH is 1. The standard InChI is InChI=1S/C13H18O/c1-10(2)12(8-9-14)13-7-5-4-6-11(13)3/h4-8,10,14H,9H2,1-3H3/b12-8-. The highest BCUT2D eigenvalue weighted by Crippen LogP contribution is 2.25. The largest absolute Gasteiger partial charge is 0.392 e. The fourth-order valence-electron chi connectivity index (χ4n) is 1.65. The zero-order chi connectivity index (χ0) is 10.6. The lowest BCUT2D eigenvalue weighted by Gasteiger charge is -2.13. The van der Waals surface area contributed by atoms with Gasteiger partial charge < -0.3 is 5.11 Å². The van der Waals surface area contributed by atoms with Crippen molar-refractivity contribution in [3.05, 3.63) is 41.5 Å². The minimum absolute atomic E-state index is 0.113. The summed E-state index contributed by atoms with van der Waals surface area (Å²) >= 11 is 0. The lowest BCUT2D eigenvalue weighted by molar-refractivity contribution is 0.342. The maximum absolute atomic E-state index is 8.96. The molecule has 1 aromatic rings. The van der Waals surface area contributed by atoms with Crippen molar-refractivity contribution in [2.75, 3.05) is 6.61 Å². The van der Waals surface area contributed by atoms with E-state index in [1.807, 2.05) is 18.2 Å². The second-order valence-electron chi connectivity index (χ2n) is 3.81.